The third kappa shape index (κ3) is 3.70. The lowest BCUT2D eigenvalue weighted by Gasteiger charge is -2.27. The van der Waals surface area contributed by atoms with E-state index < -0.39 is 0 Å². The summed E-state index contributed by atoms with van der Waals surface area (Å²) in [4.78, 5) is 6.45. The summed E-state index contributed by atoms with van der Waals surface area (Å²) in [5.74, 6) is 0.0449. The number of hydrogen-bond donors (Lipinski definition) is 2. The summed E-state index contributed by atoms with van der Waals surface area (Å²) in [5.41, 5.74) is 7.16. The SMILES string of the molecule is CCC(C)N(CC)Cc1ccnc(C(N)=NO)c1. The van der Waals surface area contributed by atoms with Crippen LogP contribution in [-0.4, -0.2) is 33.5 Å². The maximum absolute atomic E-state index is 8.65. The fraction of sp³-hybridized carbons (Fsp3) is 0.538. The van der Waals surface area contributed by atoms with Crippen molar-refractivity contribution < 1.29 is 5.21 Å². The van der Waals surface area contributed by atoms with E-state index in [2.05, 4.69) is 35.8 Å². The zero-order chi connectivity index (χ0) is 13.5. The van der Waals surface area contributed by atoms with Crippen molar-refractivity contribution in [3.8, 4) is 0 Å². The second-order valence-electron chi connectivity index (χ2n) is 4.35. The Morgan fingerprint density at radius 2 is 2.28 bits per heavy atom. The molecule has 5 nitrogen and oxygen atoms in total. The number of nitrogens with two attached hydrogens (primary N) is 1. The predicted molar refractivity (Wildman–Crippen MR) is 72.6 cm³/mol. The number of nitrogens with zero attached hydrogens (tertiary/aromatic N) is 3. The average Bonchev–Trinajstić information content (AvgIpc) is 2.43. The molecule has 0 bridgehead atoms. The van der Waals surface area contributed by atoms with Crippen LogP contribution in [0.5, 0.6) is 0 Å². The van der Waals surface area contributed by atoms with E-state index in [-0.39, 0.29) is 5.84 Å². The Morgan fingerprint density at radius 1 is 1.56 bits per heavy atom. The molecule has 5 heteroatoms. The molecular weight excluding hydrogens is 228 g/mol. The second-order valence-corrected chi connectivity index (χ2v) is 4.35. The lowest BCUT2D eigenvalue weighted by atomic mass is 10.1. The minimum Gasteiger partial charge on any atom is -0.409 e. The Hall–Kier alpha value is -1.62. The van der Waals surface area contributed by atoms with Crippen LogP contribution >= 0.6 is 0 Å². The Kier molecular flexibility index (Phi) is 5.58. The van der Waals surface area contributed by atoms with Crippen molar-refractivity contribution in [1.29, 1.82) is 0 Å². The van der Waals surface area contributed by atoms with Gasteiger partial charge in [0.15, 0.2) is 5.84 Å². The highest BCUT2D eigenvalue weighted by atomic mass is 16.4. The summed E-state index contributed by atoms with van der Waals surface area (Å²) < 4.78 is 0. The lowest BCUT2D eigenvalue weighted by Crippen LogP contribution is -2.32. The van der Waals surface area contributed by atoms with Crippen LogP contribution in [0.1, 0.15) is 38.4 Å². The average molecular weight is 250 g/mol. The number of aromatic nitrogens is 1. The number of oxime groups is 1. The highest BCUT2D eigenvalue weighted by Gasteiger charge is 2.11. The van der Waals surface area contributed by atoms with Gasteiger partial charge in [-0.2, -0.15) is 0 Å². The summed E-state index contributed by atoms with van der Waals surface area (Å²) in [6, 6.07) is 4.36. The molecule has 1 unspecified atom stereocenters. The number of hydrogen-bond acceptors (Lipinski definition) is 4. The van der Waals surface area contributed by atoms with E-state index in [4.69, 9.17) is 10.9 Å². The largest absolute Gasteiger partial charge is 0.409 e. The highest BCUT2D eigenvalue weighted by molar-refractivity contribution is 5.95. The van der Waals surface area contributed by atoms with Gasteiger partial charge in [-0.05, 0) is 37.6 Å². The third-order valence-corrected chi connectivity index (χ3v) is 3.20. The lowest BCUT2D eigenvalue weighted by molar-refractivity contribution is 0.206. The van der Waals surface area contributed by atoms with Crippen LogP contribution in [0.2, 0.25) is 0 Å². The molecule has 0 saturated heterocycles. The predicted octanol–water partition coefficient (Wildman–Crippen LogP) is 1.80. The summed E-state index contributed by atoms with van der Waals surface area (Å²) >= 11 is 0. The molecular formula is C13H22N4O. The molecule has 0 fully saturated rings. The molecule has 1 rings (SSSR count). The smallest absolute Gasteiger partial charge is 0.188 e. The van der Waals surface area contributed by atoms with Gasteiger partial charge < -0.3 is 10.9 Å². The van der Waals surface area contributed by atoms with Crippen LogP contribution in [-0.2, 0) is 6.54 Å². The van der Waals surface area contributed by atoms with Gasteiger partial charge in [-0.25, -0.2) is 0 Å². The zero-order valence-electron chi connectivity index (χ0n) is 11.3. The van der Waals surface area contributed by atoms with Crippen molar-refractivity contribution in [3.05, 3.63) is 29.6 Å². The van der Waals surface area contributed by atoms with Gasteiger partial charge in [0, 0.05) is 18.8 Å². The van der Waals surface area contributed by atoms with Crippen LogP contribution in [0.25, 0.3) is 0 Å². The molecule has 0 aliphatic carbocycles. The van der Waals surface area contributed by atoms with Gasteiger partial charge in [0.25, 0.3) is 0 Å². The van der Waals surface area contributed by atoms with Gasteiger partial charge in [-0.1, -0.05) is 19.0 Å². The van der Waals surface area contributed by atoms with Crippen LogP contribution in [0.4, 0.5) is 0 Å². The molecule has 0 radical (unpaired) electrons. The molecule has 1 heterocycles. The monoisotopic (exact) mass is 250 g/mol. The maximum atomic E-state index is 8.65. The molecule has 0 amide bonds. The Bertz CT molecular complexity index is 406. The minimum absolute atomic E-state index is 0.0449. The van der Waals surface area contributed by atoms with E-state index in [0.29, 0.717) is 11.7 Å². The first kappa shape index (κ1) is 14.4. The molecule has 18 heavy (non-hydrogen) atoms. The van der Waals surface area contributed by atoms with E-state index in [1.807, 2.05) is 12.1 Å². The van der Waals surface area contributed by atoms with Crippen molar-refractivity contribution >= 4 is 5.84 Å². The van der Waals surface area contributed by atoms with Gasteiger partial charge in [-0.3, -0.25) is 9.88 Å². The Morgan fingerprint density at radius 3 is 2.83 bits per heavy atom. The van der Waals surface area contributed by atoms with Crippen molar-refractivity contribution in [2.24, 2.45) is 10.9 Å². The Balaban J connectivity index is 2.84. The van der Waals surface area contributed by atoms with E-state index in [1.54, 1.807) is 6.20 Å². The molecule has 100 valence electrons. The molecule has 0 aliphatic rings. The first-order valence-corrected chi connectivity index (χ1v) is 6.29. The summed E-state index contributed by atoms with van der Waals surface area (Å²) in [7, 11) is 0. The van der Waals surface area contributed by atoms with E-state index in [9.17, 15) is 0 Å². The summed E-state index contributed by atoms with van der Waals surface area (Å²) in [5, 5.41) is 11.6. The highest BCUT2D eigenvalue weighted by Crippen LogP contribution is 2.10. The molecule has 0 saturated carbocycles. The number of rotatable bonds is 6. The molecule has 1 aromatic rings. The maximum Gasteiger partial charge on any atom is 0.188 e. The topological polar surface area (TPSA) is 74.7 Å². The first-order valence-electron chi connectivity index (χ1n) is 6.29. The van der Waals surface area contributed by atoms with Gasteiger partial charge >= 0.3 is 0 Å². The summed E-state index contributed by atoms with van der Waals surface area (Å²) in [6.07, 6.45) is 2.80. The van der Waals surface area contributed by atoms with Gasteiger partial charge in [0.05, 0.1) is 0 Å². The van der Waals surface area contributed by atoms with E-state index >= 15 is 0 Å². The normalized spacial score (nSPS) is 13.9. The first-order chi connectivity index (χ1) is 8.62. The van der Waals surface area contributed by atoms with Crippen molar-refractivity contribution in [1.82, 2.24) is 9.88 Å². The molecule has 0 aromatic carbocycles. The van der Waals surface area contributed by atoms with Crippen molar-refractivity contribution in [3.63, 3.8) is 0 Å². The standard InChI is InChI=1S/C13H22N4O/c1-4-10(3)17(5-2)9-11-6-7-15-12(8-11)13(14)16-18/h6-8,10,18H,4-5,9H2,1-3H3,(H2,14,16). The van der Waals surface area contributed by atoms with Crippen LogP contribution in [0.15, 0.2) is 23.5 Å². The van der Waals surface area contributed by atoms with Crippen molar-refractivity contribution in [2.45, 2.75) is 39.8 Å². The fourth-order valence-electron chi connectivity index (χ4n) is 1.84. The third-order valence-electron chi connectivity index (χ3n) is 3.20. The quantitative estimate of drug-likeness (QED) is 0.349. The number of pyridine rings is 1. The molecule has 0 aliphatic heterocycles. The molecule has 0 spiro atoms. The molecule has 1 aromatic heterocycles. The van der Waals surface area contributed by atoms with Crippen LogP contribution in [0.3, 0.4) is 0 Å². The fourth-order valence-corrected chi connectivity index (χ4v) is 1.84. The van der Waals surface area contributed by atoms with E-state index in [1.165, 1.54) is 0 Å². The van der Waals surface area contributed by atoms with Crippen molar-refractivity contribution in [2.75, 3.05) is 6.54 Å². The van der Waals surface area contributed by atoms with Gasteiger partial charge in [0.1, 0.15) is 5.69 Å². The molecule has 1 atom stereocenters. The second kappa shape index (κ2) is 6.96. The number of amidine groups is 1. The minimum atomic E-state index is 0.0449. The van der Waals surface area contributed by atoms with Crippen LogP contribution in [0, 0.1) is 0 Å². The van der Waals surface area contributed by atoms with E-state index in [0.717, 1.165) is 25.1 Å². The molecule has 3 N–H and O–H groups in total. The van der Waals surface area contributed by atoms with Crippen LogP contribution < -0.4 is 5.73 Å². The Labute approximate surface area is 108 Å². The van der Waals surface area contributed by atoms with Gasteiger partial charge in [-0.15, -0.1) is 0 Å². The van der Waals surface area contributed by atoms with Gasteiger partial charge in [0.2, 0.25) is 0 Å². The zero-order valence-corrected chi connectivity index (χ0v) is 11.3. The summed E-state index contributed by atoms with van der Waals surface area (Å²) in [6.45, 7) is 8.39.